The van der Waals surface area contributed by atoms with Gasteiger partial charge in [-0.1, -0.05) is 59.9 Å². The molecule has 0 saturated carbocycles. The number of methoxy groups -OCH3 is 2. The van der Waals surface area contributed by atoms with Crippen LogP contribution in [0.4, 0.5) is 0 Å². The minimum atomic E-state index is -0.602. The fraction of sp³-hybridized carbons (Fsp3) is 0.174. The molecule has 0 fully saturated rings. The van der Waals surface area contributed by atoms with Crippen molar-refractivity contribution >= 4 is 23.4 Å². The maximum atomic E-state index is 13.4. The Morgan fingerprint density at radius 1 is 1.10 bits per heavy atom. The molecule has 0 bridgehead atoms. The Morgan fingerprint density at radius 2 is 1.80 bits per heavy atom. The highest BCUT2D eigenvalue weighted by Crippen LogP contribution is 2.30. The predicted octanol–water partition coefficient (Wildman–Crippen LogP) is 2.42. The van der Waals surface area contributed by atoms with Crippen molar-refractivity contribution in [1.82, 2.24) is 4.57 Å². The summed E-state index contributed by atoms with van der Waals surface area (Å²) in [4.78, 5) is 31.1. The number of carbonyl (C=O) groups excluding carboxylic acids is 1. The van der Waals surface area contributed by atoms with Crippen LogP contribution in [0.1, 0.15) is 24.1 Å². The van der Waals surface area contributed by atoms with Gasteiger partial charge in [-0.25, -0.2) is 9.79 Å². The number of benzene rings is 2. The molecule has 0 N–H and O–H groups in total. The first-order chi connectivity index (χ1) is 14.5. The maximum Gasteiger partial charge on any atom is 0.338 e. The second-order valence-electron chi connectivity index (χ2n) is 6.73. The Kier molecular flexibility index (Phi) is 5.37. The molecular weight excluding hydrogens is 400 g/mol. The average Bonchev–Trinajstić information content (AvgIpc) is 3.07. The highest BCUT2D eigenvalue weighted by molar-refractivity contribution is 7.07. The van der Waals surface area contributed by atoms with Crippen LogP contribution in [0.15, 0.2) is 75.7 Å². The third-order valence-electron chi connectivity index (χ3n) is 4.97. The summed E-state index contributed by atoms with van der Waals surface area (Å²) < 4.78 is 12.5. The van der Waals surface area contributed by atoms with E-state index in [9.17, 15) is 9.59 Å². The number of carbonyl (C=O) groups is 1. The summed E-state index contributed by atoms with van der Waals surface area (Å²) in [5.41, 5.74) is 2.30. The van der Waals surface area contributed by atoms with Gasteiger partial charge in [-0.2, -0.15) is 0 Å². The first-order valence-corrected chi connectivity index (χ1v) is 10.2. The van der Waals surface area contributed by atoms with E-state index in [0.29, 0.717) is 26.4 Å². The molecule has 0 amide bonds. The first kappa shape index (κ1) is 19.8. The fourth-order valence-corrected chi connectivity index (χ4v) is 4.61. The zero-order valence-corrected chi connectivity index (χ0v) is 17.6. The Labute approximate surface area is 177 Å². The molecule has 0 saturated heterocycles. The number of rotatable bonds is 4. The lowest BCUT2D eigenvalue weighted by molar-refractivity contribution is -0.136. The largest absolute Gasteiger partial charge is 0.496 e. The van der Waals surface area contributed by atoms with E-state index < -0.39 is 12.0 Å². The molecule has 2 heterocycles. The van der Waals surface area contributed by atoms with Crippen molar-refractivity contribution in [3.8, 4) is 5.75 Å². The van der Waals surface area contributed by atoms with Gasteiger partial charge < -0.3 is 9.47 Å². The van der Waals surface area contributed by atoms with Crippen molar-refractivity contribution in [2.45, 2.75) is 13.0 Å². The van der Waals surface area contributed by atoms with E-state index in [4.69, 9.17) is 9.47 Å². The van der Waals surface area contributed by atoms with Gasteiger partial charge in [0.05, 0.1) is 36.1 Å². The molecule has 152 valence electrons. The van der Waals surface area contributed by atoms with Crippen molar-refractivity contribution in [2.75, 3.05) is 14.2 Å². The SMILES string of the molecule is COC(=O)C1=C(C)N=c2s/c(=C/c3ccccc3OC)c(=O)n2[C@@H]1c1ccccc1. The van der Waals surface area contributed by atoms with E-state index in [1.54, 1.807) is 24.7 Å². The third kappa shape index (κ3) is 3.37. The van der Waals surface area contributed by atoms with E-state index in [-0.39, 0.29) is 5.56 Å². The minimum absolute atomic E-state index is 0.215. The van der Waals surface area contributed by atoms with E-state index in [2.05, 4.69) is 4.99 Å². The van der Waals surface area contributed by atoms with E-state index >= 15 is 0 Å². The summed E-state index contributed by atoms with van der Waals surface area (Å²) in [7, 11) is 2.92. The van der Waals surface area contributed by atoms with Crippen LogP contribution in [0.2, 0.25) is 0 Å². The average molecular weight is 420 g/mol. The number of ether oxygens (including phenoxy) is 2. The number of hydrogen-bond donors (Lipinski definition) is 0. The lowest BCUT2D eigenvalue weighted by Crippen LogP contribution is -2.39. The Hall–Kier alpha value is -3.45. The van der Waals surface area contributed by atoms with Gasteiger partial charge in [0.25, 0.3) is 5.56 Å². The topological polar surface area (TPSA) is 69.9 Å². The van der Waals surface area contributed by atoms with Crippen LogP contribution < -0.4 is 19.6 Å². The van der Waals surface area contributed by atoms with Crippen LogP contribution in [-0.4, -0.2) is 24.8 Å². The zero-order chi connectivity index (χ0) is 21.3. The minimum Gasteiger partial charge on any atom is -0.496 e. The molecule has 0 spiro atoms. The van der Waals surface area contributed by atoms with Gasteiger partial charge in [0.2, 0.25) is 0 Å². The van der Waals surface area contributed by atoms with E-state index in [1.807, 2.05) is 54.6 Å². The van der Waals surface area contributed by atoms with Gasteiger partial charge in [0.1, 0.15) is 5.75 Å². The molecule has 30 heavy (non-hydrogen) atoms. The molecule has 2 aromatic carbocycles. The van der Waals surface area contributed by atoms with Gasteiger partial charge in [-0.3, -0.25) is 9.36 Å². The molecule has 1 atom stereocenters. The van der Waals surface area contributed by atoms with Crippen molar-refractivity contribution in [3.63, 3.8) is 0 Å². The van der Waals surface area contributed by atoms with Crippen LogP contribution in [-0.2, 0) is 9.53 Å². The summed E-state index contributed by atoms with van der Waals surface area (Å²) >= 11 is 1.29. The monoisotopic (exact) mass is 420 g/mol. The number of allylic oxidation sites excluding steroid dienone is 1. The molecule has 3 aromatic rings. The second kappa shape index (κ2) is 8.12. The van der Waals surface area contributed by atoms with Gasteiger partial charge >= 0.3 is 5.97 Å². The summed E-state index contributed by atoms with van der Waals surface area (Å²) in [5.74, 6) is 0.179. The number of esters is 1. The quantitative estimate of drug-likeness (QED) is 0.608. The smallest absolute Gasteiger partial charge is 0.338 e. The standard InChI is InChI=1S/C23H20N2O4S/c1-14-19(22(27)29-3)20(15-9-5-4-6-10-15)25-21(26)18(30-23(25)24-14)13-16-11-7-8-12-17(16)28-2/h4-13,20H,1-3H3/b18-13+/t20-/m1/s1. The number of hydrogen-bond acceptors (Lipinski definition) is 6. The molecule has 1 aromatic heterocycles. The number of fused-ring (bicyclic) bond motifs is 1. The van der Waals surface area contributed by atoms with Gasteiger partial charge in [-0.05, 0) is 24.6 Å². The van der Waals surface area contributed by atoms with Crippen molar-refractivity contribution in [3.05, 3.63) is 96.7 Å². The molecule has 4 rings (SSSR count). The molecule has 0 aliphatic carbocycles. The summed E-state index contributed by atoms with van der Waals surface area (Å²) in [5, 5.41) is 0. The molecule has 0 unspecified atom stereocenters. The predicted molar refractivity (Wildman–Crippen MR) is 115 cm³/mol. The van der Waals surface area contributed by atoms with Crippen LogP contribution in [0.25, 0.3) is 6.08 Å². The van der Waals surface area contributed by atoms with Gasteiger partial charge in [0, 0.05) is 5.56 Å². The highest BCUT2D eigenvalue weighted by Gasteiger charge is 2.32. The van der Waals surface area contributed by atoms with Crippen molar-refractivity contribution in [2.24, 2.45) is 4.99 Å². The zero-order valence-electron chi connectivity index (χ0n) is 16.8. The van der Waals surface area contributed by atoms with E-state index in [1.165, 1.54) is 18.4 Å². The first-order valence-electron chi connectivity index (χ1n) is 9.34. The van der Waals surface area contributed by atoms with Crippen LogP contribution in [0.5, 0.6) is 5.75 Å². The van der Waals surface area contributed by atoms with E-state index in [0.717, 1.165) is 11.1 Å². The van der Waals surface area contributed by atoms with Crippen molar-refractivity contribution < 1.29 is 14.3 Å². The number of para-hydroxylation sites is 1. The Morgan fingerprint density at radius 3 is 2.50 bits per heavy atom. The fourth-order valence-electron chi connectivity index (χ4n) is 3.57. The number of nitrogens with zero attached hydrogens (tertiary/aromatic N) is 2. The molecule has 7 heteroatoms. The third-order valence-corrected chi connectivity index (χ3v) is 5.95. The highest BCUT2D eigenvalue weighted by atomic mass is 32.1. The van der Waals surface area contributed by atoms with Gasteiger partial charge in [-0.15, -0.1) is 0 Å². The Bertz CT molecular complexity index is 1320. The molecule has 1 aliphatic heterocycles. The van der Waals surface area contributed by atoms with Crippen LogP contribution >= 0.6 is 11.3 Å². The molecule has 0 radical (unpaired) electrons. The molecule has 1 aliphatic rings. The van der Waals surface area contributed by atoms with Crippen LogP contribution in [0, 0.1) is 0 Å². The van der Waals surface area contributed by atoms with Gasteiger partial charge in [0.15, 0.2) is 4.80 Å². The normalized spacial score (nSPS) is 16.1. The second-order valence-corrected chi connectivity index (χ2v) is 7.74. The lowest BCUT2D eigenvalue weighted by atomic mass is 9.96. The molecular formula is C23H20N2O4S. The summed E-state index contributed by atoms with van der Waals surface area (Å²) in [6.07, 6.45) is 1.79. The summed E-state index contributed by atoms with van der Waals surface area (Å²) in [6.45, 7) is 1.76. The maximum absolute atomic E-state index is 13.4. The lowest BCUT2D eigenvalue weighted by Gasteiger charge is -2.24. The number of thiazole rings is 1. The number of aromatic nitrogens is 1. The molecule has 6 nitrogen and oxygen atoms in total. The Balaban J connectivity index is 1.99. The summed E-state index contributed by atoms with van der Waals surface area (Å²) in [6, 6.07) is 16.3. The van der Waals surface area contributed by atoms with Crippen molar-refractivity contribution in [1.29, 1.82) is 0 Å². The van der Waals surface area contributed by atoms with Crippen LogP contribution in [0.3, 0.4) is 0 Å².